The Kier molecular flexibility index (Phi) is 5.26. The molecule has 2 heterocycles. The lowest BCUT2D eigenvalue weighted by atomic mass is 9.70. The van der Waals surface area contributed by atoms with Crippen molar-refractivity contribution in [3.05, 3.63) is 0 Å². The van der Waals surface area contributed by atoms with Gasteiger partial charge in [0.05, 0.1) is 17.6 Å². The Balaban J connectivity index is 1.69. The van der Waals surface area contributed by atoms with E-state index in [4.69, 9.17) is 4.74 Å². The largest absolute Gasteiger partial charge is 0.481 e. The van der Waals surface area contributed by atoms with Crippen LogP contribution in [0.1, 0.15) is 77.6 Å². The number of hydrogen-bond acceptors (Lipinski definition) is 2. The first kappa shape index (κ1) is 14.8. The van der Waals surface area contributed by atoms with E-state index in [1.807, 2.05) is 0 Å². The van der Waals surface area contributed by atoms with Crippen molar-refractivity contribution in [1.82, 2.24) is 0 Å². The Labute approximate surface area is 116 Å². The Bertz CT molecular complexity index is 302. The number of unbranched alkanes of at least 4 members (excludes halogenated alkanes) is 6. The van der Waals surface area contributed by atoms with E-state index >= 15 is 0 Å². The molecule has 3 unspecified atom stereocenters. The molecule has 0 aromatic carbocycles. The second-order valence-electron chi connectivity index (χ2n) is 6.36. The number of carbonyl (C=O) groups is 1. The third kappa shape index (κ3) is 3.31. The van der Waals surface area contributed by atoms with Crippen LogP contribution in [-0.2, 0) is 9.53 Å². The highest BCUT2D eigenvalue weighted by molar-refractivity contribution is 5.76. The van der Waals surface area contributed by atoms with Crippen LogP contribution in [-0.4, -0.2) is 23.3 Å². The van der Waals surface area contributed by atoms with Crippen LogP contribution in [0, 0.1) is 5.41 Å². The molecule has 0 aliphatic carbocycles. The summed E-state index contributed by atoms with van der Waals surface area (Å²) in [5.41, 5.74) is -0.549. The number of hydrogen-bond donors (Lipinski definition) is 1. The quantitative estimate of drug-likeness (QED) is 0.639. The van der Waals surface area contributed by atoms with Gasteiger partial charge in [0.15, 0.2) is 0 Å². The first-order valence-corrected chi connectivity index (χ1v) is 8.08. The molecule has 2 fully saturated rings. The van der Waals surface area contributed by atoms with Crippen molar-refractivity contribution >= 4 is 5.97 Å². The SMILES string of the molecule is CCCCCCCCCC1(C(=O)O)CC2CCC1O2. The Hall–Kier alpha value is -0.570. The van der Waals surface area contributed by atoms with E-state index in [0.717, 1.165) is 32.1 Å². The summed E-state index contributed by atoms with van der Waals surface area (Å²) in [6.45, 7) is 2.23. The number of rotatable bonds is 9. The first-order valence-electron chi connectivity index (χ1n) is 8.08. The Morgan fingerprint density at radius 1 is 1.16 bits per heavy atom. The van der Waals surface area contributed by atoms with Crippen LogP contribution in [0.25, 0.3) is 0 Å². The van der Waals surface area contributed by atoms with E-state index in [1.165, 1.54) is 38.5 Å². The first-order chi connectivity index (χ1) is 9.19. The van der Waals surface area contributed by atoms with E-state index in [2.05, 4.69) is 6.92 Å². The van der Waals surface area contributed by atoms with Gasteiger partial charge in [-0.3, -0.25) is 4.79 Å². The van der Waals surface area contributed by atoms with Gasteiger partial charge in [-0.1, -0.05) is 51.9 Å². The molecule has 1 N–H and O–H groups in total. The van der Waals surface area contributed by atoms with Crippen LogP contribution >= 0.6 is 0 Å². The molecule has 2 bridgehead atoms. The fraction of sp³-hybridized carbons (Fsp3) is 0.938. The molecule has 0 spiro atoms. The minimum absolute atomic E-state index is 0.00455. The number of ether oxygens (including phenoxy) is 1. The zero-order chi connectivity index (χ0) is 13.7. The predicted octanol–water partition coefficient (Wildman–Crippen LogP) is 4.15. The highest BCUT2D eigenvalue weighted by atomic mass is 16.5. The van der Waals surface area contributed by atoms with Crippen molar-refractivity contribution in [2.75, 3.05) is 0 Å². The molecule has 110 valence electrons. The van der Waals surface area contributed by atoms with Gasteiger partial charge in [0.25, 0.3) is 0 Å². The topological polar surface area (TPSA) is 46.5 Å². The van der Waals surface area contributed by atoms with Crippen LogP contribution in [0.5, 0.6) is 0 Å². The van der Waals surface area contributed by atoms with Gasteiger partial charge >= 0.3 is 5.97 Å². The predicted molar refractivity (Wildman–Crippen MR) is 75.2 cm³/mol. The third-order valence-electron chi connectivity index (χ3n) is 4.97. The molecule has 2 aliphatic heterocycles. The standard InChI is InChI=1S/C16H28O3/c1-2-3-4-5-6-7-8-11-16(15(17)18)12-13-9-10-14(16)19-13/h13-14H,2-12H2,1H3,(H,17,18). The molecule has 0 aromatic heterocycles. The summed E-state index contributed by atoms with van der Waals surface area (Å²) in [6.07, 6.45) is 12.5. The van der Waals surface area contributed by atoms with Crippen LogP contribution in [0.15, 0.2) is 0 Å². The summed E-state index contributed by atoms with van der Waals surface area (Å²) >= 11 is 0. The average molecular weight is 268 g/mol. The normalized spacial score (nSPS) is 32.9. The maximum atomic E-state index is 11.6. The summed E-state index contributed by atoms with van der Waals surface area (Å²) in [7, 11) is 0. The van der Waals surface area contributed by atoms with Crippen molar-refractivity contribution in [3.8, 4) is 0 Å². The smallest absolute Gasteiger partial charge is 0.312 e. The Morgan fingerprint density at radius 2 is 1.84 bits per heavy atom. The van der Waals surface area contributed by atoms with Crippen LogP contribution in [0.3, 0.4) is 0 Å². The van der Waals surface area contributed by atoms with Gasteiger partial charge in [-0.05, 0) is 25.7 Å². The minimum Gasteiger partial charge on any atom is -0.481 e. The van der Waals surface area contributed by atoms with E-state index in [-0.39, 0.29) is 12.2 Å². The summed E-state index contributed by atoms with van der Waals surface area (Å²) < 4.78 is 5.78. The number of aliphatic carboxylic acids is 1. The average Bonchev–Trinajstić information content (AvgIpc) is 2.98. The van der Waals surface area contributed by atoms with E-state index in [9.17, 15) is 9.90 Å². The Morgan fingerprint density at radius 3 is 2.37 bits per heavy atom. The summed E-state index contributed by atoms with van der Waals surface area (Å²) in [6, 6.07) is 0. The molecular weight excluding hydrogens is 240 g/mol. The van der Waals surface area contributed by atoms with Gasteiger partial charge in [0.1, 0.15) is 0 Å². The maximum Gasteiger partial charge on any atom is 0.312 e. The van der Waals surface area contributed by atoms with Gasteiger partial charge in [-0.25, -0.2) is 0 Å². The molecule has 3 nitrogen and oxygen atoms in total. The monoisotopic (exact) mass is 268 g/mol. The molecule has 3 heteroatoms. The second kappa shape index (κ2) is 6.74. The molecule has 2 saturated heterocycles. The van der Waals surface area contributed by atoms with E-state index in [1.54, 1.807) is 0 Å². The molecule has 0 radical (unpaired) electrons. The lowest BCUT2D eigenvalue weighted by molar-refractivity contribution is -0.153. The summed E-state index contributed by atoms with van der Waals surface area (Å²) in [5, 5.41) is 9.58. The molecule has 3 atom stereocenters. The minimum atomic E-state index is -0.620. The second-order valence-corrected chi connectivity index (χ2v) is 6.36. The van der Waals surface area contributed by atoms with Gasteiger partial charge in [-0.2, -0.15) is 0 Å². The van der Waals surface area contributed by atoms with E-state index in [0.29, 0.717) is 0 Å². The van der Waals surface area contributed by atoms with E-state index < -0.39 is 11.4 Å². The van der Waals surface area contributed by atoms with Gasteiger partial charge in [0.2, 0.25) is 0 Å². The lowest BCUT2D eigenvalue weighted by Gasteiger charge is -2.30. The van der Waals surface area contributed by atoms with Crippen molar-refractivity contribution in [2.45, 2.75) is 89.8 Å². The third-order valence-corrected chi connectivity index (χ3v) is 4.97. The molecule has 2 rings (SSSR count). The molecule has 2 aliphatic rings. The summed E-state index contributed by atoms with van der Waals surface area (Å²) in [5.74, 6) is -0.620. The number of carboxylic acid groups (broad SMARTS) is 1. The number of fused-ring (bicyclic) bond motifs is 2. The van der Waals surface area contributed by atoms with Crippen molar-refractivity contribution < 1.29 is 14.6 Å². The zero-order valence-corrected chi connectivity index (χ0v) is 12.2. The maximum absolute atomic E-state index is 11.6. The molecule has 0 amide bonds. The van der Waals surface area contributed by atoms with Crippen molar-refractivity contribution in [2.24, 2.45) is 5.41 Å². The molecule has 0 saturated carbocycles. The highest BCUT2D eigenvalue weighted by Crippen LogP contribution is 2.50. The number of carboxylic acids is 1. The van der Waals surface area contributed by atoms with Crippen molar-refractivity contribution in [1.29, 1.82) is 0 Å². The van der Waals surface area contributed by atoms with Crippen molar-refractivity contribution in [3.63, 3.8) is 0 Å². The van der Waals surface area contributed by atoms with Crippen LogP contribution < -0.4 is 0 Å². The van der Waals surface area contributed by atoms with Gasteiger partial charge in [-0.15, -0.1) is 0 Å². The van der Waals surface area contributed by atoms with Gasteiger partial charge in [0, 0.05) is 0 Å². The molecule has 0 aromatic rings. The molecular formula is C16H28O3. The lowest BCUT2D eigenvalue weighted by Crippen LogP contribution is -2.40. The van der Waals surface area contributed by atoms with Crippen LogP contribution in [0.4, 0.5) is 0 Å². The fourth-order valence-corrected chi connectivity index (χ4v) is 3.79. The van der Waals surface area contributed by atoms with Crippen LogP contribution in [0.2, 0.25) is 0 Å². The fourth-order valence-electron chi connectivity index (χ4n) is 3.79. The van der Waals surface area contributed by atoms with Gasteiger partial charge < -0.3 is 9.84 Å². The molecule has 19 heavy (non-hydrogen) atoms. The summed E-state index contributed by atoms with van der Waals surface area (Å²) in [4.78, 5) is 11.6. The highest BCUT2D eigenvalue weighted by Gasteiger charge is 2.56. The zero-order valence-electron chi connectivity index (χ0n) is 12.2.